The molecule has 0 aliphatic heterocycles. The average molecular weight is 513 g/mol. The van der Waals surface area contributed by atoms with E-state index < -0.39 is 0 Å². The zero-order valence-corrected chi connectivity index (χ0v) is 22.3. The third-order valence-corrected chi connectivity index (χ3v) is 6.62. The predicted molar refractivity (Wildman–Crippen MR) is 147 cm³/mol. The largest absolute Gasteiger partial charge is 0.332 e. The molecule has 0 saturated heterocycles. The van der Waals surface area contributed by atoms with Gasteiger partial charge in [-0.15, -0.1) is 10.2 Å². The van der Waals surface area contributed by atoms with Gasteiger partial charge in [-0.05, 0) is 40.8 Å². The molecule has 0 fully saturated rings. The number of hydrogen-bond donors (Lipinski definition) is 1. The Morgan fingerprint density at radius 1 is 0.921 bits per heavy atom. The third-order valence-electron chi connectivity index (χ3n) is 6.62. The van der Waals surface area contributed by atoms with Gasteiger partial charge < -0.3 is 4.57 Å². The summed E-state index contributed by atoms with van der Waals surface area (Å²) in [6.07, 6.45) is 0. The van der Waals surface area contributed by atoms with Gasteiger partial charge in [-0.3, -0.25) is 13.9 Å². The van der Waals surface area contributed by atoms with Crippen molar-refractivity contribution < 1.29 is 0 Å². The van der Waals surface area contributed by atoms with Gasteiger partial charge in [0.05, 0.1) is 0 Å². The molecule has 0 atom stereocenters. The van der Waals surface area contributed by atoms with Crippen LogP contribution < -0.4 is 11.2 Å². The van der Waals surface area contributed by atoms with E-state index in [9.17, 15) is 9.59 Å². The van der Waals surface area contributed by atoms with E-state index in [-0.39, 0.29) is 23.1 Å². The van der Waals surface area contributed by atoms with E-state index in [4.69, 9.17) is 4.98 Å². The van der Waals surface area contributed by atoms with Crippen LogP contribution in [0.4, 0.5) is 0 Å². The zero-order chi connectivity index (χ0) is 27.0. The number of imidazole rings is 1. The van der Waals surface area contributed by atoms with E-state index in [1.165, 1.54) is 4.57 Å². The molecule has 0 unspecified atom stereocenters. The normalized spacial score (nSPS) is 11.8. The first-order valence-electron chi connectivity index (χ1n) is 13.0. The van der Waals surface area contributed by atoms with Crippen LogP contribution in [-0.2, 0) is 19.6 Å². The minimum Gasteiger partial charge on any atom is -0.317 e. The van der Waals surface area contributed by atoms with Gasteiger partial charge in [-0.1, -0.05) is 70.2 Å². The van der Waals surface area contributed by atoms with E-state index in [1.807, 2.05) is 87.7 Å². The highest BCUT2D eigenvalue weighted by Crippen LogP contribution is 2.31. The predicted octanol–water partition coefficient (Wildman–Crippen LogP) is 4.05. The number of nitrogens with zero attached hydrogens (tertiary/aromatic N) is 7. The lowest BCUT2D eigenvalue weighted by atomic mass is 9.97. The summed E-state index contributed by atoms with van der Waals surface area (Å²) in [7, 11) is 0. The lowest BCUT2D eigenvalue weighted by Crippen LogP contribution is -2.40. The Labute approximate surface area is 220 Å². The number of tetrazole rings is 1. The Bertz CT molecular complexity index is 1690. The lowest BCUT2D eigenvalue weighted by Gasteiger charge is -2.15. The Balaban J connectivity index is 1.72. The fraction of sp³-hybridized carbons (Fsp3) is 0.357. The van der Waals surface area contributed by atoms with Crippen molar-refractivity contribution in [1.82, 2.24) is 39.3 Å². The topological polar surface area (TPSA) is 116 Å². The van der Waals surface area contributed by atoms with Gasteiger partial charge in [0.15, 0.2) is 11.2 Å². The first-order chi connectivity index (χ1) is 18.3. The van der Waals surface area contributed by atoms with E-state index in [1.54, 1.807) is 4.57 Å². The summed E-state index contributed by atoms with van der Waals surface area (Å²) >= 11 is 0. The summed E-state index contributed by atoms with van der Waals surface area (Å²) in [6.45, 7) is 11.2. The van der Waals surface area contributed by atoms with Crippen molar-refractivity contribution in [2.24, 2.45) is 5.92 Å². The molecular formula is C28H32N8O2. The highest BCUT2D eigenvalue weighted by molar-refractivity contribution is 5.81. The van der Waals surface area contributed by atoms with E-state index in [0.29, 0.717) is 36.6 Å². The van der Waals surface area contributed by atoms with Crippen LogP contribution in [0, 0.1) is 5.92 Å². The Kier molecular flexibility index (Phi) is 6.79. The SMILES string of the molecule is CCn1c(=O)c2c(nc(C(C)C)n2Cc2ccc(-c3ccccc3)c(-c3nn[nH]n3)c2)n(CC(C)C)c1=O. The van der Waals surface area contributed by atoms with Crippen molar-refractivity contribution in [3.63, 3.8) is 0 Å². The smallest absolute Gasteiger partial charge is 0.317 e. The summed E-state index contributed by atoms with van der Waals surface area (Å²) in [5.74, 6) is 1.51. The quantitative estimate of drug-likeness (QED) is 0.335. The van der Waals surface area contributed by atoms with E-state index in [0.717, 1.165) is 28.1 Å². The van der Waals surface area contributed by atoms with Crippen molar-refractivity contribution >= 4 is 11.2 Å². The molecule has 0 bridgehead atoms. The molecule has 0 spiro atoms. The maximum atomic E-state index is 13.6. The summed E-state index contributed by atoms with van der Waals surface area (Å²) < 4.78 is 4.91. The first-order valence-corrected chi connectivity index (χ1v) is 13.0. The van der Waals surface area contributed by atoms with Gasteiger partial charge in [0.25, 0.3) is 5.56 Å². The number of aromatic nitrogens is 8. The molecule has 38 heavy (non-hydrogen) atoms. The highest BCUT2D eigenvalue weighted by Gasteiger charge is 2.23. The summed E-state index contributed by atoms with van der Waals surface area (Å²) in [5.41, 5.74) is 4.07. The van der Waals surface area contributed by atoms with Crippen LogP contribution in [0.3, 0.4) is 0 Å². The van der Waals surface area contributed by atoms with Crippen molar-refractivity contribution in [1.29, 1.82) is 0 Å². The molecule has 0 aliphatic carbocycles. The van der Waals surface area contributed by atoms with Gasteiger partial charge in [-0.2, -0.15) is 5.21 Å². The minimum absolute atomic E-state index is 0.0414. The van der Waals surface area contributed by atoms with Crippen molar-refractivity contribution in [2.75, 3.05) is 0 Å². The molecule has 5 aromatic rings. The molecule has 5 rings (SSSR count). The van der Waals surface area contributed by atoms with E-state index in [2.05, 4.69) is 20.6 Å². The molecule has 3 aromatic heterocycles. The number of H-pyrrole nitrogens is 1. The maximum Gasteiger partial charge on any atom is 0.332 e. The highest BCUT2D eigenvalue weighted by atomic mass is 16.2. The number of aromatic amines is 1. The van der Waals surface area contributed by atoms with Crippen LogP contribution >= 0.6 is 0 Å². The standard InChI is InChI=1S/C28H32N8O2/c1-6-34-27(37)23-26(36(28(34)38)15-17(2)3)29-25(18(4)5)35(23)16-19-12-13-21(20-10-8-7-9-11-20)22(14-19)24-30-32-33-31-24/h7-14,17-18H,6,15-16H2,1-5H3,(H,30,31,32,33). The van der Waals surface area contributed by atoms with Crippen LogP contribution in [0.1, 0.15) is 51.9 Å². The second kappa shape index (κ2) is 10.2. The summed E-state index contributed by atoms with van der Waals surface area (Å²) in [5, 5.41) is 14.8. The second-order valence-electron chi connectivity index (χ2n) is 10.2. The van der Waals surface area contributed by atoms with Crippen LogP contribution in [0.5, 0.6) is 0 Å². The van der Waals surface area contributed by atoms with Crippen LogP contribution in [-0.4, -0.2) is 39.3 Å². The fourth-order valence-electron chi connectivity index (χ4n) is 4.92. The van der Waals surface area contributed by atoms with Gasteiger partial charge in [-0.25, -0.2) is 9.78 Å². The number of hydrogen-bond acceptors (Lipinski definition) is 6. The molecular weight excluding hydrogens is 480 g/mol. The van der Waals surface area contributed by atoms with E-state index >= 15 is 0 Å². The molecule has 1 N–H and O–H groups in total. The molecule has 0 aliphatic rings. The third kappa shape index (κ3) is 4.46. The van der Waals surface area contributed by atoms with Crippen molar-refractivity contribution in [2.45, 2.75) is 60.2 Å². The van der Waals surface area contributed by atoms with Gasteiger partial charge in [0.1, 0.15) is 5.82 Å². The Morgan fingerprint density at radius 2 is 1.68 bits per heavy atom. The fourth-order valence-corrected chi connectivity index (χ4v) is 4.92. The molecule has 10 nitrogen and oxygen atoms in total. The van der Waals surface area contributed by atoms with Crippen LogP contribution in [0.25, 0.3) is 33.7 Å². The maximum absolute atomic E-state index is 13.6. The molecule has 3 heterocycles. The van der Waals surface area contributed by atoms with Gasteiger partial charge in [0.2, 0.25) is 5.82 Å². The molecule has 0 amide bonds. The van der Waals surface area contributed by atoms with Crippen LogP contribution in [0.15, 0.2) is 58.1 Å². The molecule has 0 saturated carbocycles. The van der Waals surface area contributed by atoms with Gasteiger partial charge >= 0.3 is 5.69 Å². The Hall–Kier alpha value is -4.34. The average Bonchev–Trinajstić information content (AvgIpc) is 3.56. The molecule has 2 aromatic carbocycles. The minimum atomic E-state index is -0.315. The van der Waals surface area contributed by atoms with Crippen molar-refractivity contribution in [3.8, 4) is 22.5 Å². The first kappa shape index (κ1) is 25.3. The molecule has 196 valence electrons. The number of rotatable bonds is 8. The summed E-state index contributed by atoms with van der Waals surface area (Å²) in [6, 6.07) is 16.2. The molecule has 10 heteroatoms. The molecule has 0 radical (unpaired) electrons. The lowest BCUT2D eigenvalue weighted by molar-refractivity contribution is 0.491. The zero-order valence-electron chi connectivity index (χ0n) is 22.3. The number of nitrogens with one attached hydrogen (secondary N) is 1. The van der Waals surface area contributed by atoms with Crippen molar-refractivity contribution in [3.05, 3.63) is 80.8 Å². The monoisotopic (exact) mass is 512 g/mol. The number of benzene rings is 2. The second-order valence-corrected chi connectivity index (χ2v) is 10.2. The van der Waals surface area contributed by atoms with Gasteiger partial charge in [0, 0.05) is 31.1 Å². The summed E-state index contributed by atoms with van der Waals surface area (Å²) in [4.78, 5) is 31.7. The number of fused-ring (bicyclic) bond motifs is 1. The van der Waals surface area contributed by atoms with Crippen LogP contribution in [0.2, 0.25) is 0 Å². The Morgan fingerprint density at radius 3 is 2.32 bits per heavy atom.